The van der Waals surface area contributed by atoms with Gasteiger partial charge in [-0.05, 0) is 18.2 Å². The summed E-state index contributed by atoms with van der Waals surface area (Å²) in [5.74, 6) is 0.105. The van der Waals surface area contributed by atoms with Crippen molar-refractivity contribution >= 4 is 40.4 Å². The number of benzene rings is 1. The zero-order valence-corrected chi connectivity index (χ0v) is 12.9. The molecule has 23 heavy (non-hydrogen) atoms. The minimum atomic E-state index is -0.568. The van der Waals surface area contributed by atoms with Crippen molar-refractivity contribution in [3.8, 4) is 5.82 Å². The van der Waals surface area contributed by atoms with Crippen molar-refractivity contribution in [2.45, 2.75) is 0 Å². The normalized spacial score (nSPS) is 10.5. The molecule has 0 aliphatic heterocycles. The van der Waals surface area contributed by atoms with Gasteiger partial charge < -0.3 is 5.32 Å². The van der Waals surface area contributed by atoms with E-state index in [0.717, 1.165) is 0 Å². The van der Waals surface area contributed by atoms with E-state index in [4.69, 9.17) is 23.2 Å². The maximum atomic E-state index is 11.5. The molecule has 1 N–H and O–H groups in total. The molecule has 0 amide bonds. The van der Waals surface area contributed by atoms with Crippen molar-refractivity contribution in [1.29, 1.82) is 0 Å². The third kappa shape index (κ3) is 3.08. The summed E-state index contributed by atoms with van der Waals surface area (Å²) in [5, 5.41) is 15.1. The average Bonchev–Trinajstić information content (AvgIpc) is 3.04. The van der Waals surface area contributed by atoms with Gasteiger partial charge in [-0.3, -0.25) is 14.7 Å². The molecule has 116 valence electrons. The molecule has 1 aromatic carbocycles. The topological polar surface area (TPSA) is 98.8 Å². The molecular formula is C13H8Cl2N6O2. The Morgan fingerprint density at radius 2 is 2.09 bits per heavy atom. The quantitative estimate of drug-likeness (QED) is 0.569. The largest absolute Gasteiger partial charge is 0.354 e. The first-order valence-corrected chi connectivity index (χ1v) is 7.01. The molecule has 0 fully saturated rings. The first kappa shape index (κ1) is 15.2. The van der Waals surface area contributed by atoms with Gasteiger partial charge in [0.05, 0.1) is 15.6 Å². The van der Waals surface area contributed by atoms with Crippen LogP contribution in [0.15, 0.2) is 43.2 Å². The number of nitro groups is 1. The molecule has 0 radical (unpaired) electrons. The maximum Gasteiger partial charge on any atom is 0.354 e. The van der Waals surface area contributed by atoms with E-state index in [1.807, 2.05) is 0 Å². The molecule has 2 aromatic heterocycles. The van der Waals surface area contributed by atoms with Crippen LogP contribution in [-0.2, 0) is 0 Å². The third-order valence-electron chi connectivity index (χ3n) is 2.92. The lowest BCUT2D eigenvalue weighted by molar-refractivity contribution is -0.384. The predicted octanol–water partition coefficient (Wildman–Crippen LogP) is 3.62. The van der Waals surface area contributed by atoms with Gasteiger partial charge in [0.15, 0.2) is 0 Å². The minimum Gasteiger partial charge on any atom is -0.333 e. The number of aromatic nitrogens is 4. The van der Waals surface area contributed by atoms with E-state index in [9.17, 15) is 10.1 Å². The Bertz CT molecular complexity index is 869. The van der Waals surface area contributed by atoms with Gasteiger partial charge in [-0.15, -0.1) is 0 Å². The van der Waals surface area contributed by atoms with E-state index in [2.05, 4.69) is 20.3 Å². The molecule has 0 aliphatic carbocycles. The zero-order valence-electron chi connectivity index (χ0n) is 11.3. The van der Waals surface area contributed by atoms with Crippen LogP contribution < -0.4 is 5.32 Å². The standard InChI is InChI=1S/C13H8Cl2N6O2/c14-8-1-2-10(9(15)5-8)19-12-11(21(22)23)13(18-6-17-12)20-4-3-16-7-20/h1-7H,(H,17,18,19). The van der Waals surface area contributed by atoms with Gasteiger partial charge in [-0.2, -0.15) is 0 Å². The van der Waals surface area contributed by atoms with Crippen LogP contribution in [0.4, 0.5) is 17.2 Å². The summed E-state index contributed by atoms with van der Waals surface area (Å²) < 4.78 is 1.43. The zero-order chi connectivity index (χ0) is 16.4. The fraction of sp³-hybridized carbons (Fsp3) is 0. The number of nitrogens with one attached hydrogen (secondary N) is 1. The van der Waals surface area contributed by atoms with Crippen molar-refractivity contribution in [2.75, 3.05) is 5.32 Å². The second-order valence-corrected chi connectivity index (χ2v) is 5.21. The second-order valence-electron chi connectivity index (χ2n) is 4.37. The molecule has 3 aromatic rings. The van der Waals surface area contributed by atoms with Crippen LogP contribution in [0.3, 0.4) is 0 Å². The van der Waals surface area contributed by atoms with Crippen LogP contribution in [0.5, 0.6) is 0 Å². The van der Waals surface area contributed by atoms with Gasteiger partial charge in [0.2, 0.25) is 11.6 Å². The molecule has 2 heterocycles. The average molecular weight is 351 g/mol. The van der Waals surface area contributed by atoms with E-state index < -0.39 is 4.92 Å². The number of nitrogens with zero attached hydrogens (tertiary/aromatic N) is 5. The SMILES string of the molecule is O=[N+]([O-])c1c(Nc2ccc(Cl)cc2Cl)ncnc1-n1ccnc1. The fourth-order valence-electron chi connectivity index (χ4n) is 1.92. The van der Waals surface area contributed by atoms with Gasteiger partial charge >= 0.3 is 5.69 Å². The molecule has 0 aliphatic rings. The highest BCUT2D eigenvalue weighted by Gasteiger charge is 2.24. The maximum absolute atomic E-state index is 11.5. The highest BCUT2D eigenvalue weighted by Crippen LogP contribution is 2.33. The van der Waals surface area contributed by atoms with Crippen LogP contribution in [0.25, 0.3) is 5.82 Å². The van der Waals surface area contributed by atoms with Crippen LogP contribution in [0.1, 0.15) is 0 Å². The third-order valence-corrected chi connectivity index (χ3v) is 3.47. The molecule has 3 rings (SSSR count). The van der Waals surface area contributed by atoms with Crippen molar-refractivity contribution in [1.82, 2.24) is 19.5 Å². The minimum absolute atomic E-state index is 0.0120. The highest BCUT2D eigenvalue weighted by molar-refractivity contribution is 6.36. The Hall–Kier alpha value is -2.71. The predicted molar refractivity (Wildman–Crippen MR) is 85.6 cm³/mol. The summed E-state index contributed by atoms with van der Waals surface area (Å²) in [7, 11) is 0. The summed E-state index contributed by atoms with van der Waals surface area (Å²) in [6.45, 7) is 0. The molecule has 0 saturated carbocycles. The summed E-state index contributed by atoms with van der Waals surface area (Å²) in [5.41, 5.74) is 0.144. The van der Waals surface area contributed by atoms with Crippen molar-refractivity contribution in [3.63, 3.8) is 0 Å². The second kappa shape index (κ2) is 6.19. The van der Waals surface area contributed by atoms with Gasteiger partial charge in [0.25, 0.3) is 0 Å². The molecular weight excluding hydrogens is 343 g/mol. The highest BCUT2D eigenvalue weighted by atomic mass is 35.5. The number of imidazole rings is 1. The van der Waals surface area contributed by atoms with E-state index in [0.29, 0.717) is 15.7 Å². The molecule has 8 nitrogen and oxygen atoms in total. The van der Waals surface area contributed by atoms with E-state index in [1.165, 1.54) is 29.5 Å². The number of hydrogen-bond acceptors (Lipinski definition) is 6. The number of rotatable bonds is 4. The van der Waals surface area contributed by atoms with Gasteiger partial charge in [-0.25, -0.2) is 15.0 Å². The molecule has 0 saturated heterocycles. The first-order valence-electron chi connectivity index (χ1n) is 6.26. The number of hydrogen-bond donors (Lipinski definition) is 1. The summed E-state index contributed by atoms with van der Waals surface area (Å²) in [4.78, 5) is 22.7. The summed E-state index contributed by atoms with van der Waals surface area (Å²) >= 11 is 11.9. The molecule has 0 atom stereocenters. The molecule has 0 unspecified atom stereocenters. The fourth-order valence-corrected chi connectivity index (χ4v) is 2.38. The lowest BCUT2D eigenvalue weighted by atomic mass is 10.3. The van der Waals surface area contributed by atoms with Gasteiger partial charge in [-0.1, -0.05) is 23.2 Å². The van der Waals surface area contributed by atoms with Crippen LogP contribution in [0.2, 0.25) is 10.0 Å². The van der Waals surface area contributed by atoms with Gasteiger partial charge in [0, 0.05) is 17.4 Å². The molecule has 0 bridgehead atoms. The lowest BCUT2D eigenvalue weighted by Crippen LogP contribution is -2.07. The van der Waals surface area contributed by atoms with E-state index in [-0.39, 0.29) is 17.3 Å². The number of anilines is 2. The van der Waals surface area contributed by atoms with Crippen LogP contribution in [-0.4, -0.2) is 24.4 Å². The monoisotopic (exact) mass is 350 g/mol. The smallest absolute Gasteiger partial charge is 0.333 e. The molecule has 10 heteroatoms. The van der Waals surface area contributed by atoms with E-state index >= 15 is 0 Å². The first-order chi connectivity index (χ1) is 11.1. The Morgan fingerprint density at radius 3 is 2.74 bits per heavy atom. The lowest BCUT2D eigenvalue weighted by Gasteiger charge is -2.10. The van der Waals surface area contributed by atoms with Crippen LogP contribution >= 0.6 is 23.2 Å². The van der Waals surface area contributed by atoms with E-state index in [1.54, 1.807) is 18.3 Å². The Labute approximate surface area is 139 Å². The summed E-state index contributed by atoms with van der Waals surface area (Å²) in [6.07, 6.45) is 5.67. The van der Waals surface area contributed by atoms with Gasteiger partial charge in [0.1, 0.15) is 12.7 Å². The van der Waals surface area contributed by atoms with Crippen molar-refractivity contribution in [2.24, 2.45) is 0 Å². The summed E-state index contributed by atoms with van der Waals surface area (Å²) in [6, 6.07) is 4.74. The number of halogens is 2. The van der Waals surface area contributed by atoms with Crippen molar-refractivity contribution < 1.29 is 4.92 Å². The Kier molecular flexibility index (Phi) is 4.09. The Balaban J connectivity index is 2.09. The Morgan fingerprint density at radius 1 is 1.26 bits per heavy atom. The van der Waals surface area contributed by atoms with Crippen molar-refractivity contribution in [3.05, 3.63) is 63.4 Å². The molecule has 0 spiro atoms. The van der Waals surface area contributed by atoms with Crippen LogP contribution in [0, 0.1) is 10.1 Å².